The van der Waals surface area contributed by atoms with Crippen LogP contribution in [0.5, 0.6) is 0 Å². The second-order valence-corrected chi connectivity index (χ2v) is 6.63. The van der Waals surface area contributed by atoms with Crippen LogP contribution in [0, 0.1) is 5.92 Å². The van der Waals surface area contributed by atoms with Crippen molar-refractivity contribution in [3.63, 3.8) is 0 Å². The van der Waals surface area contributed by atoms with Gasteiger partial charge in [-0.05, 0) is 35.1 Å². The Morgan fingerprint density at radius 2 is 1.20 bits per heavy atom. The second kappa shape index (κ2) is 7.08. The van der Waals surface area contributed by atoms with E-state index in [0.29, 0.717) is 0 Å². The number of benzene rings is 3. The molecule has 0 spiro atoms. The zero-order chi connectivity index (χ0) is 17.1. The van der Waals surface area contributed by atoms with Crippen molar-refractivity contribution in [3.05, 3.63) is 113 Å². The van der Waals surface area contributed by atoms with Gasteiger partial charge < -0.3 is 5.11 Å². The zero-order valence-corrected chi connectivity index (χ0v) is 14.2. The van der Waals surface area contributed by atoms with Crippen molar-refractivity contribution in [3.8, 4) is 0 Å². The molecule has 25 heavy (non-hydrogen) atoms. The van der Waals surface area contributed by atoms with Crippen molar-refractivity contribution in [2.24, 2.45) is 5.92 Å². The zero-order valence-electron chi connectivity index (χ0n) is 14.2. The molecule has 1 fully saturated rings. The van der Waals surface area contributed by atoms with Gasteiger partial charge >= 0.3 is 0 Å². The van der Waals surface area contributed by atoms with Crippen molar-refractivity contribution in [1.29, 1.82) is 0 Å². The highest BCUT2D eigenvalue weighted by molar-refractivity contribution is 5.83. The van der Waals surface area contributed by atoms with Crippen LogP contribution in [-0.4, -0.2) is 5.11 Å². The maximum atomic E-state index is 10.9. The molecule has 0 saturated heterocycles. The number of hydrogen-bond donors (Lipinski definition) is 1. The van der Waals surface area contributed by atoms with Crippen molar-refractivity contribution >= 4 is 5.57 Å². The summed E-state index contributed by atoms with van der Waals surface area (Å²) >= 11 is 0. The Morgan fingerprint density at radius 3 is 1.64 bits per heavy atom. The molecule has 1 N–H and O–H groups in total. The lowest BCUT2D eigenvalue weighted by molar-refractivity contribution is 0.0996. The maximum absolute atomic E-state index is 10.9. The van der Waals surface area contributed by atoms with Crippen LogP contribution in [0.1, 0.15) is 35.6 Å². The van der Waals surface area contributed by atoms with Gasteiger partial charge in [-0.1, -0.05) is 96.6 Å². The Morgan fingerprint density at radius 1 is 0.720 bits per heavy atom. The maximum Gasteiger partial charge on any atom is 0.0855 e. The van der Waals surface area contributed by atoms with Gasteiger partial charge in [0.05, 0.1) is 6.10 Å². The van der Waals surface area contributed by atoms with Crippen molar-refractivity contribution in [2.75, 3.05) is 0 Å². The van der Waals surface area contributed by atoms with E-state index in [1.807, 2.05) is 42.5 Å². The molecule has 0 bridgehead atoms. The molecule has 0 aliphatic heterocycles. The molecular weight excluding hydrogens is 304 g/mol. The molecule has 0 amide bonds. The van der Waals surface area contributed by atoms with E-state index in [9.17, 15) is 5.11 Å². The Balaban J connectivity index is 1.78. The molecule has 1 saturated carbocycles. The normalized spacial score (nSPS) is 17.6. The van der Waals surface area contributed by atoms with Crippen molar-refractivity contribution < 1.29 is 5.11 Å². The predicted octanol–water partition coefficient (Wildman–Crippen LogP) is 5.63. The quantitative estimate of drug-likeness (QED) is 0.658. The fourth-order valence-electron chi connectivity index (χ4n) is 3.74. The molecule has 0 radical (unpaired) electrons. The molecule has 124 valence electrons. The Bertz CT molecular complexity index is 809. The predicted molar refractivity (Wildman–Crippen MR) is 103 cm³/mol. The van der Waals surface area contributed by atoms with Crippen LogP contribution in [0.4, 0.5) is 0 Å². The lowest BCUT2D eigenvalue weighted by Crippen LogP contribution is -2.25. The fourth-order valence-corrected chi connectivity index (χ4v) is 3.74. The molecule has 1 aliphatic carbocycles. The summed E-state index contributed by atoms with van der Waals surface area (Å²) in [5.41, 5.74) is 6.12. The number of hydrogen-bond acceptors (Lipinski definition) is 1. The highest BCUT2D eigenvalue weighted by atomic mass is 16.3. The monoisotopic (exact) mass is 326 g/mol. The summed E-state index contributed by atoms with van der Waals surface area (Å²) in [5, 5.41) is 10.9. The lowest BCUT2D eigenvalue weighted by Gasteiger charge is -2.37. The first-order chi connectivity index (χ1) is 12.3. The van der Waals surface area contributed by atoms with Gasteiger partial charge in [-0.2, -0.15) is 0 Å². The summed E-state index contributed by atoms with van der Waals surface area (Å²) in [6, 6.07) is 31.1. The second-order valence-electron chi connectivity index (χ2n) is 6.63. The summed E-state index contributed by atoms with van der Waals surface area (Å²) < 4.78 is 0. The van der Waals surface area contributed by atoms with Crippen molar-refractivity contribution in [1.82, 2.24) is 0 Å². The van der Waals surface area contributed by atoms with Crippen LogP contribution in [0.3, 0.4) is 0 Å². The molecule has 3 aromatic rings. The molecular formula is C24H22O. The minimum Gasteiger partial charge on any atom is -0.388 e. The third kappa shape index (κ3) is 3.16. The fraction of sp³-hybridized carbons (Fsp3) is 0.167. The molecule has 1 heteroatoms. The minimum atomic E-state index is -0.438. The van der Waals surface area contributed by atoms with Gasteiger partial charge in [0.25, 0.3) is 0 Å². The molecule has 3 aromatic carbocycles. The molecule has 0 aromatic heterocycles. The van der Waals surface area contributed by atoms with Crippen LogP contribution in [0.2, 0.25) is 0 Å². The van der Waals surface area contributed by atoms with E-state index in [0.717, 1.165) is 18.4 Å². The molecule has 4 rings (SSSR count). The smallest absolute Gasteiger partial charge is 0.0855 e. The van der Waals surface area contributed by atoms with E-state index >= 15 is 0 Å². The molecule has 0 heterocycles. The van der Waals surface area contributed by atoms with Crippen LogP contribution in [-0.2, 0) is 0 Å². The highest BCUT2D eigenvalue weighted by Gasteiger charge is 2.34. The van der Waals surface area contributed by atoms with E-state index in [1.165, 1.54) is 22.3 Å². The van der Waals surface area contributed by atoms with Crippen LogP contribution in [0.15, 0.2) is 96.6 Å². The molecule has 0 unspecified atom stereocenters. The molecule has 1 nitrogen and oxygen atoms in total. The van der Waals surface area contributed by atoms with Crippen molar-refractivity contribution in [2.45, 2.75) is 18.9 Å². The number of aliphatic hydroxyl groups is 1. The van der Waals surface area contributed by atoms with Crippen LogP contribution >= 0.6 is 0 Å². The van der Waals surface area contributed by atoms with Gasteiger partial charge in [0.2, 0.25) is 0 Å². The van der Waals surface area contributed by atoms with Gasteiger partial charge in [-0.3, -0.25) is 0 Å². The van der Waals surface area contributed by atoms with Gasteiger partial charge in [0, 0.05) is 5.92 Å². The largest absolute Gasteiger partial charge is 0.388 e. The summed E-state index contributed by atoms with van der Waals surface area (Å²) in [5.74, 6) is 0.192. The van der Waals surface area contributed by atoms with Gasteiger partial charge in [-0.15, -0.1) is 0 Å². The van der Waals surface area contributed by atoms with E-state index in [4.69, 9.17) is 0 Å². The van der Waals surface area contributed by atoms with E-state index in [-0.39, 0.29) is 5.92 Å². The standard InChI is InChI=1S/C24H22O/c25-24(20-14-8-3-9-15-20)22-17-16-21(22)23(18-10-4-1-5-11-18)19-12-6-2-7-13-19/h1-15,22,24-25H,16-17H2/t22-,24+/m0/s1. The summed E-state index contributed by atoms with van der Waals surface area (Å²) in [6.07, 6.45) is 1.65. The average Bonchev–Trinajstić information content (AvgIpc) is 2.67. The van der Waals surface area contributed by atoms with Crippen LogP contribution < -0.4 is 0 Å². The molecule has 1 aliphatic rings. The SMILES string of the molecule is O[C@H](c1ccccc1)[C@H]1CCC1=C(c1ccccc1)c1ccccc1. The lowest BCUT2D eigenvalue weighted by atomic mass is 9.70. The Kier molecular flexibility index (Phi) is 4.49. The van der Waals surface area contributed by atoms with Gasteiger partial charge in [-0.25, -0.2) is 0 Å². The average molecular weight is 326 g/mol. The third-order valence-electron chi connectivity index (χ3n) is 5.14. The first-order valence-corrected chi connectivity index (χ1v) is 8.91. The van der Waals surface area contributed by atoms with Crippen LogP contribution in [0.25, 0.3) is 5.57 Å². The molecule has 2 atom stereocenters. The Hall–Kier alpha value is -2.64. The van der Waals surface area contributed by atoms with E-state index < -0.39 is 6.10 Å². The number of rotatable bonds is 4. The number of aliphatic hydroxyl groups excluding tert-OH is 1. The topological polar surface area (TPSA) is 20.2 Å². The minimum absolute atomic E-state index is 0.192. The summed E-state index contributed by atoms with van der Waals surface area (Å²) in [7, 11) is 0. The summed E-state index contributed by atoms with van der Waals surface area (Å²) in [6.45, 7) is 0. The Labute approximate surface area is 149 Å². The van der Waals surface area contributed by atoms with E-state index in [1.54, 1.807) is 0 Å². The third-order valence-corrected chi connectivity index (χ3v) is 5.14. The van der Waals surface area contributed by atoms with Gasteiger partial charge in [0.1, 0.15) is 0 Å². The summed E-state index contributed by atoms with van der Waals surface area (Å²) in [4.78, 5) is 0. The first kappa shape index (κ1) is 15.9. The van der Waals surface area contributed by atoms with E-state index in [2.05, 4.69) is 48.5 Å². The van der Waals surface area contributed by atoms with Gasteiger partial charge in [0.15, 0.2) is 0 Å². The highest BCUT2D eigenvalue weighted by Crippen LogP contribution is 2.47. The first-order valence-electron chi connectivity index (χ1n) is 8.91.